The normalized spacial score (nSPS) is 17.1. The van der Waals surface area contributed by atoms with E-state index in [1.807, 2.05) is 21.8 Å². The Labute approximate surface area is 168 Å². The fourth-order valence-electron chi connectivity index (χ4n) is 4.16. The van der Waals surface area contributed by atoms with Crippen LogP contribution in [0, 0.1) is 0 Å². The number of fused-ring (bicyclic) bond motifs is 1. The minimum absolute atomic E-state index is 0.183. The molecule has 4 aromatic rings. The average Bonchev–Trinajstić information content (AvgIpc) is 3.53. The van der Waals surface area contributed by atoms with E-state index < -0.39 is 0 Å². The van der Waals surface area contributed by atoms with Gasteiger partial charge in [0.25, 0.3) is 0 Å². The number of aromatic nitrogens is 6. The van der Waals surface area contributed by atoms with Crippen molar-refractivity contribution >= 4 is 16.8 Å². The second-order valence-corrected chi connectivity index (χ2v) is 7.47. The highest BCUT2D eigenvalue weighted by molar-refractivity contribution is 5.82. The molecular weight excluding hydrogens is 366 g/mol. The molecule has 5 rings (SSSR count). The van der Waals surface area contributed by atoms with E-state index in [-0.39, 0.29) is 5.91 Å². The Balaban J connectivity index is 1.31. The third-order valence-corrected chi connectivity index (χ3v) is 5.64. The molecule has 1 unspecified atom stereocenters. The lowest BCUT2D eigenvalue weighted by Crippen LogP contribution is -2.40. The van der Waals surface area contributed by atoms with E-state index in [0.717, 1.165) is 31.6 Å². The Morgan fingerprint density at radius 3 is 2.93 bits per heavy atom. The number of aryl methyl sites for hydroxylation is 1. The second kappa shape index (κ2) is 7.54. The molecule has 1 aliphatic rings. The fraction of sp³-hybridized carbons (Fsp3) is 0.333. The van der Waals surface area contributed by atoms with Crippen LogP contribution >= 0.6 is 0 Å². The molecule has 1 amide bonds. The zero-order chi connectivity index (χ0) is 19.6. The fourth-order valence-corrected chi connectivity index (χ4v) is 4.16. The van der Waals surface area contributed by atoms with Crippen LogP contribution in [0.5, 0.6) is 0 Å². The lowest BCUT2D eigenvalue weighted by Gasteiger charge is -2.34. The van der Waals surface area contributed by atoms with Gasteiger partial charge >= 0.3 is 0 Å². The molecule has 4 heterocycles. The predicted molar refractivity (Wildman–Crippen MR) is 109 cm³/mol. The summed E-state index contributed by atoms with van der Waals surface area (Å²) < 4.78 is 5.89. The molecule has 0 saturated carbocycles. The highest BCUT2D eigenvalue weighted by Gasteiger charge is 2.25. The molecule has 3 aromatic heterocycles. The number of benzene rings is 1. The Bertz CT molecular complexity index is 1100. The molecule has 1 aromatic carbocycles. The molecule has 0 N–H and O–H groups in total. The molecule has 1 fully saturated rings. The number of carbonyl (C=O) groups excluding carboxylic acids is 1. The Morgan fingerprint density at radius 2 is 2.10 bits per heavy atom. The van der Waals surface area contributed by atoms with Crippen molar-refractivity contribution in [3.63, 3.8) is 0 Å². The van der Waals surface area contributed by atoms with E-state index in [1.165, 1.54) is 10.9 Å². The SMILES string of the molecule is O=C(CCn1ccnn1)N1CCCC(n2ccc3cc(-n4cccn4)ccc32)C1. The third kappa shape index (κ3) is 3.53. The van der Waals surface area contributed by atoms with E-state index in [0.29, 0.717) is 19.0 Å². The van der Waals surface area contributed by atoms with Crippen LogP contribution in [-0.4, -0.2) is 53.2 Å². The van der Waals surface area contributed by atoms with E-state index in [4.69, 9.17) is 0 Å². The summed E-state index contributed by atoms with van der Waals surface area (Å²) in [4.78, 5) is 14.7. The summed E-state index contributed by atoms with van der Waals surface area (Å²) in [5, 5.41) is 13.2. The van der Waals surface area contributed by atoms with Crippen LogP contribution in [0.1, 0.15) is 25.3 Å². The van der Waals surface area contributed by atoms with E-state index in [2.05, 4.69) is 50.4 Å². The highest BCUT2D eigenvalue weighted by atomic mass is 16.2. The number of hydrogen-bond acceptors (Lipinski definition) is 4. The number of likely N-dealkylation sites (tertiary alicyclic amines) is 1. The summed E-state index contributed by atoms with van der Waals surface area (Å²) in [5.41, 5.74) is 2.25. The maximum absolute atomic E-state index is 12.7. The Kier molecular flexibility index (Phi) is 4.59. The lowest BCUT2D eigenvalue weighted by molar-refractivity contribution is -0.133. The second-order valence-electron chi connectivity index (χ2n) is 7.47. The van der Waals surface area contributed by atoms with Gasteiger partial charge in [0.2, 0.25) is 5.91 Å². The van der Waals surface area contributed by atoms with E-state index in [1.54, 1.807) is 23.3 Å². The molecule has 1 saturated heterocycles. The summed E-state index contributed by atoms with van der Waals surface area (Å²) in [5.74, 6) is 0.183. The first kappa shape index (κ1) is 17.7. The number of hydrogen-bond donors (Lipinski definition) is 0. The van der Waals surface area contributed by atoms with Crippen LogP contribution < -0.4 is 0 Å². The predicted octanol–water partition coefficient (Wildman–Crippen LogP) is 2.67. The van der Waals surface area contributed by atoms with Crippen molar-refractivity contribution in [1.29, 1.82) is 0 Å². The summed E-state index contributed by atoms with van der Waals surface area (Å²) in [6, 6.07) is 10.8. The van der Waals surface area contributed by atoms with Crippen molar-refractivity contribution < 1.29 is 4.79 Å². The van der Waals surface area contributed by atoms with Gasteiger partial charge in [0.15, 0.2) is 0 Å². The number of rotatable bonds is 5. The van der Waals surface area contributed by atoms with Gasteiger partial charge in [0, 0.05) is 55.2 Å². The van der Waals surface area contributed by atoms with Gasteiger partial charge in [0.1, 0.15) is 0 Å². The zero-order valence-electron chi connectivity index (χ0n) is 16.1. The molecule has 1 aliphatic heterocycles. The van der Waals surface area contributed by atoms with Crippen LogP contribution in [0.3, 0.4) is 0 Å². The quantitative estimate of drug-likeness (QED) is 0.526. The van der Waals surface area contributed by atoms with Crippen molar-refractivity contribution in [2.75, 3.05) is 13.1 Å². The van der Waals surface area contributed by atoms with Gasteiger partial charge in [-0.1, -0.05) is 5.21 Å². The molecular formula is C21H23N7O. The van der Waals surface area contributed by atoms with Gasteiger partial charge in [0.05, 0.1) is 24.5 Å². The third-order valence-electron chi connectivity index (χ3n) is 5.64. The molecule has 0 spiro atoms. The molecule has 1 atom stereocenters. The van der Waals surface area contributed by atoms with Crippen molar-refractivity contribution in [2.24, 2.45) is 0 Å². The number of piperidine rings is 1. The summed E-state index contributed by atoms with van der Waals surface area (Å²) >= 11 is 0. The van der Waals surface area contributed by atoms with Crippen molar-refractivity contribution in [3.8, 4) is 5.69 Å². The Hall–Kier alpha value is -3.42. The van der Waals surface area contributed by atoms with Crippen LogP contribution in [0.15, 0.2) is 61.3 Å². The van der Waals surface area contributed by atoms with E-state index in [9.17, 15) is 4.79 Å². The molecule has 0 radical (unpaired) electrons. The van der Waals surface area contributed by atoms with Gasteiger partial charge in [-0.3, -0.25) is 9.48 Å². The van der Waals surface area contributed by atoms with Crippen LogP contribution in [-0.2, 0) is 11.3 Å². The van der Waals surface area contributed by atoms with Gasteiger partial charge in [-0.15, -0.1) is 5.10 Å². The van der Waals surface area contributed by atoms with Crippen LogP contribution in [0.2, 0.25) is 0 Å². The van der Waals surface area contributed by atoms with Crippen LogP contribution in [0.25, 0.3) is 16.6 Å². The first-order valence-electron chi connectivity index (χ1n) is 10.0. The van der Waals surface area contributed by atoms with Crippen molar-refractivity contribution in [1.82, 2.24) is 34.2 Å². The molecule has 0 aliphatic carbocycles. The highest BCUT2D eigenvalue weighted by Crippen LogP contribution is 2.28. The monoisotopic (exact) mass is 389 g/mol. The number of amides is 1. The number of carbonyl (C=O) groups is 1. The summed E-state index contributed by atoms with van der Waals surface area (Å²) in [6.07, 6.45) is 11.9. The number of nitrogens with zero attached hydrogens (tertiary/aromatic N) is 7. The van der Waals surface area contributed by atoms with Crippen molar-refractivity contribution in [2.45, 2.75) is 31.8 Å². The first-order chi connectivity index (χ1) is 14.3. The van der Waals surface area contributed by atoms with Gasteiger partial charge in [-0.2, -0.15) is 5.10 Å². The smallest absolute Gasteiger partial charge is 0.224 e. The zero-order valence-corrected chi connectivity index (χ0v) is 16.1. The lowest BCUT2D eigenvalue weighted by atomic mass is 10.0. The average molecular weight is 389 g/mol. The molecule has 0 bridgehead atoms. The first-order valence-corrected chi connectivity index (χ1v) is 10.0. The minimum Gasteiger partial charge on any atom is -0.343 e. The largest absolute Gasteiger partial charge is 0.343 e. The van der Waals surface area contributed by atoms with Crippen molar-refractivity contribution in [3.05, 3.63) is 61.3 Å². The van der Waals surface area contributed by atoms with E-state index >= 15 is 0 Å². The molecule has 8 nitrogen and oxygen atoms in total. The topological polar surface area (TPSA) is 73.8 Å². The summed E-state index contributed by atoms with van der Waals surface area (Å²) in [6.45, 7) is 2.15. The van der Waals surface area contributed by atoms with Gasteiger partial charge in [-0.25, -0.2) is 4.68 Å². The molecule has 148 valence electrons. The summed E-state index contributed by atoms with van der Waals surface area (Å²) in [7, 11) is 0. The molecule has 29 heavy (non-hydrogen) atoms. The minimum atomic E-state index is 0.183. The van der Waals surface area contributed by atoms with Crippen LogP contribution in [0.4, 0.5) is 0 Å². The standard InChI is InChI=1S/C21H23N7O/c29-21(7-12-26-14-9-22-24-26)25-10-1-3-19(16-25)27-13-6-17-15-18(4-5-20(17)27)28-11-2-8-23-28/h2,4-6,8-9,11,13-15,19H,1,3,7,10,12,16H2. The molecule has 8 heteroatoms. The van der Waals surface area contributed by atoms with Gasteiger partial charge in [-0.05, 0) is 43.2 Å². The van der Waals surface area contributed by atoms with Gasteiger partial charge < -0.3 is 9.47 Å². The Morgan fingerprint density at radius 1 is 1.14 bits per heavy atom. The maximum Gasteiger partial charge on any atom is 0.224 e. The maximum atomic E-state index is 12.7.